The Morgan fingerprint density at radius 2 is 2.09 bits per heavy atom. The van der Waals surface area contributed by atoms with Crippen molar-refractivity contribution in [3.8, 4) is 0 Å². The standard InChI is InChI=1S/C17H15FN4/c1-10(13-5-6-16-19-8-15(18)22(16)9-13)14-7-20-17(12-3-4-12)21-11(14)2/h5-9,12H,1,3-4H2,2H3. The van der Waals surface area contributed by atoms with Crippen LogP contribution in [0.3, 0.4) is 0 Å². The molecule has 0 bridgehead atoms. The molecule has 3 aromatic rings. The van der Waals surface area contributed by atoms with Crippen LogP contribution in [0.4, 0.5) is 4.39 Å². The molecule has 0 N–H and O–H groups in total. The lowest BCUT2D eigenvalue weighted by Crippen LogP contribution is -2.01. The molecule has 0 saturated heterocycles. The molecule has 4 nitrogen and oxygen atoms in total. The van der Waals surface area contributed by atoms with Crippen LogP contribution in [0.5, 0.6) is 0 Å². The number of nitrogens with zero attached hydrogens (tertiary/aromatic N) is 4. The minimum Gasteiger partial charge on any atom is -0.276 e. The van der Waals surface area contributed by atoms with Gasteiger partial charge in [-0.2, -0.15) is 4.39 Å². The van der Waals surface area contributed by atoms with Crippen LogP contribution in [0.2, 0.25) is 0 Å². The molecule has 1 fully saturated rings. The van der Waals surface area contributed by atoms with Gasteiger partial charge in [0.25, 0.3) is 0 Å². The number of halogens is 1. The SMILES string of the molecule is C=C(c1ccc2ncc(F)n2c1)c1cnc(C2CC2)nc1C. The van der Waals surface area contributed by atoms with Gasteiger partial charge in [0.2, 0.25) is 5.95 Å². The van der Waals surface area contributed by atoms with E-state index in [9.17, 15) is 4.39 Å². The molecule has 22 heavy (non-hydrogen) atoms. The second-order valence-electron chi connectivity index (χ2n) is 5.71. The smallest absolute Gasteiger partial charge is 0.217 e. The first kappa shape index (κ1) is 13.1. The first-order valence-corrected chi connectivity index (χ1v) is 7.29. The second-order valence-corrected chi connectivity index (χ2v) is 5.71. The number of aryl methyl sites for hydroxylation is 1. The van der Waals surface area contributed by atoms with Crippen molar-refractivity contribution in [1.82, 2.24) is 19.4 Å². The zero-order valence-electron chi connectivity index (χ0n) is 12.3. The molecular weight excluding hydrogens is 279 g/mol. The third kappa shape index (κ3) is 2.09. The van der Waals surface area contributed by atoms with E-state index in [1.54, 1.807) is 12.3 Å². The topological polar surface area (TPSA) is 43.1 Å². The summed E-state index contributed by atoms with van der Waals surface area (Å²) in [6.45, 7) is 6.09. The van der Waals surface area contributed by atoms with E-state index in [1.165, 1.54) is 23.4 Å². The summed E-state index contributed by atoms with van der Waals surface area (Å²) in [6.07, 6.45) is 7.09. The van der Waals surface area contributed by atoms with E-state index in [4.69, 9.17) is 0 Å². The van der Waals surface area contributed by atoms with E-state index in [2.05, 4.69) is 21.5 Å². The summed E-state index contributed by atoms with van der Waals surface area (Å²) in [4.78, 5) is 13.0. The van der Waals surface area contributed by atoms with Gasteiger partial charge in [-0.25, -0.2) is 15.0 Å². The van der Waals surface area contributed by atoms with Gasteiger partial charge >= 0.3 is 0 Å². The zero-order valence-corrected chi connectivity index (χ0v) is 12.3. The molecular formula is C17H15FN4. The van der Waals surface area contributed by atoms with Crippen LogP contribution in [-0.4, -0.2) is 19.4 Å². The van der Waals surface area contributed by atoms with E-state index < -0.39 is 0 Å². The molecule has 3 aromatic heterocycles. The van der Waals surface area contributed by atoms with Gasteiger partial charge in [-0.15, -0.1) is 0 Å². The maximum absolute atomic E-state index is 13.7. The molecule has 1 saturated carbocycles. The normalized spacial score (nSPS) is 14.5. The molecule has 0 radical (unpaired) electrons. The first-order chi connectivity index (χ1) is 10.6. The van der Waals surface area contributed by atoms with E-state index >= 15 is 0 Å². The summed E-state index contributed by atoms with van der Waals surface area (Å²) in [7, 11) is 0. The maximum Gasteiger partial charge on any atom is 0.217 e. The number of aromatic nitrogens is 4. The minimum absolute atomic E-state index is 0.387. The number of hydrogen-bond donors (Lipinski definition) is 0. The van der Waals surface area contributed by atoms with Crippen LogP contribution in [0.1, 0.15) is 41.4 Å². The molecule has 1 aliphatic carbocycles. The highest BCUT2D eigenvalue weighted by molar-refractivity contribution is 5.78. The lowest BCUT2D eigenvalue weighted by atomic mass is 10.0. The zero-order chi connectivity index (χ0) is 15.3. The average molecular weight is 294 g/mol. The third-order valence-electron chi connectivity index (χ3n) is 4.07. The molecule has 5 heteroatoms. The van der Waals surface area contributed by atoms with Gasteiger partial charge in [0.1, 0.15) is 11.5 Å². The number of fused-ring (bicyclic) bond motifs is 1. The van der Waals surface area contributed by atoms with Crippen LogP contribution >= 0.6 is 0 Å². The van der Waals surface area contributed by atoms with E-state index in [-0.39, 0.29) is 5.95 Å². The van der Waals surface area contributed by atoms with Crippen LogP contribution in [0.25, 0.3) is 11.2 Å². The Morgan fingerprint density at radius 1 is 1.27 bits per heavy atom. The highest BCUT2D eigenvalue weighted by Gasteiger charge is 2.27. The van der Waals surface area contributed by atoms with Crippen LogP contribution in [0.15, 0.2) is 37.3 Å². The van der Waals surface area contributed by atoms with Gasteiger partial charge in [0.05, 0.1) is 6.20 Å². The molecule has 0 aliphatic heterocycles. The Hall–Kier alpha value is -2.56. The van der Waals surface area contributed by atoms with Crippen LogP contribution in [-0.2, 0) is 0 Å². The molecule has 0 aromatic carbocycles. The van der Waals surface area contributed by atoms with Crippen molar-refractivity contribution in [1.29, 1.82) is 0 Å². The molecule has 0 spiro atoms. The van der Waals surface area contributed by atoms with Gasteiger partial charge in [0, 0.05) is 29.6 Å². The maximum atomic E-state index is 13.7. The van der Waals surface area contributed by atoms with Gasteiger partial charge in [-0.3, -0.25) is 4.40 Å². The number of pyridine rings is 1. The second kappa shape index (κ2) is 4.73. The van der Waals surface area contributed by atoms with Crippen LogP contribution in [0, 0.1) is 12.9 Å². The van der Waals surface area contributed by atoms with Crippen molar-refractivity contribution < 1.29 is 4.39 Å². The average Bonchev–Trinajstić information content (AvgIpc) is 3.31. The summed E-state index contributed by atoms with van der Waals surface area (Å²) in [6, 6.07) is 3.66. The minimum atomic E-state index is -0.387. The molecule has 0 unspecified atom stereocenters. The Labute approximate surface area is 127 Å². The third-order valence-corrected chi connectivity index (χ3v) is 4.07. The summed E-state index contributed by atoms with van der Waals surface area (Å²) in [5, 5.41) is 0. The fourth-order valence-corrected chi connectivity index (χ4v) is 2.60. The summed E-state index contributed by atoms with van der Waals surface area (Å²) >= 11 is 0. The van der Waals surface area contributed by atoms with Gasteiger partial charge in [0.15, 0.2) is 0 Å². The van der Waals surface area contributed by atoms with E-state index in [0.29, 0.717) is 11.6 Å². The molecule has 0 amide bonds. The van der Waals surface area contributed by atoms with Crippen LogP contribution < -0.4 is 0 Å². The van der Waals surface area contributed by atoms with Crippen molar-refractivity contribution >= 4 is 11.2 Å². The lowest BCUT2D eigenvalue weighted by molar-refractivity contribution is 0.573. The van der Waals surface area contributed by atoms with E-state index in [0.717, 1.165) is 28.2 Å². The first-order valence-electron chi connectivity index (χ1n) is 7.29. The van der Waals surface area contributed by atoms with E-state index in [1.807, 2.05) is 19.2 Å². The summed E-state index contributed by atoms with van der Waals surface area (Å²) in [5.41, 5.74) is 3.99. The predicted octanol–water partition coefficient (Wildman–Crippen LogP) is 3.51. The number of hydrogen-bond acceptors (Lipinski definition) is 3. The quantitative estimate of drug-likeness (QED) is 0.742. The van der Waals surface area contributed by atoms with Crippen molar-refractivity contribution in [3.05, 3.63) is 65.9 Å². The molecule has 0 atom stereocenters. The van der Waals surface area contributed by atoms with Crippen molar-refractivity contribution in [3.63, 3.8) is 0 Å². The number of rotatable bonds is 3. The van der Waals surface area contributed by atoms with Crippen molar-refractivity contribution in [2.75, 3.05) is 0 Å². The Balaban J connectivity index is 1.74. The highest BCUT2D eigenvalue weighted by atomic mass is 19.1. The molecule has 1 aliphatic rings. The monoisotopic (exact) mass is 294 g/mol. The fraction of sp³-hybridized carbons (Fsp3) is 0.235. The van der Waals surface area contributed by atoms with Gasteiger partial charge in [-0.1, -0.05) is 6.58 Å². The molecule has 3 heterocycles. The summed E-state index contributed by atoms with van der Waals surface area (Å²) < 4.78 is 15.1. The van der Waals surface area contributed by atoms with Crippen molar-refractivity contribution in [2.24, 2.45) is 0 Å². The molecule has 4 rings (SSSR count). The Kier molecular flexibility index (Phi) is 2.82. The molecule has 110 valence electrons. The van der Waals surface area contributed by atoms with Gasteiger partial charge in [-0.05, 0) is 43.0 Å². The largest absolute Gasteiger partial charge is 0.276 e. The highest BCUT2D eigenvalue weighted by Crippen LogP contribution is 2.38. The fourth-order valence-electron chi connectivity index (χ4n) is 2.60. The number of imidazole rings is 1. The van der Waals surface area contributed by atoms with Gasteiger partial charge < -0.3 is 0 Å². The predicted molar refractivity (Wildman–Crippen MR) is 82.0 cm³/mol. The Morgan fingerprint density at radius 3 is 2.82 bits per heavy atom. The lowest BCUT2D eigenvalue weighted by Gasteiger charge is -2.10. The van der Waals surface area contributed by atoms with Crippen molar-refractivity contribution in [2.45, 2.75) is 25.7 Å². The Bertz CT molecular complexity index is 893. The summed E-state index contributed by atoms with van der Waals surface area (Å²) in [5.74, 6) is 1.06.